The maximum absolute atomic E-state index is 12.5. The Morgan fingerprint density at radius 2 is 2.00 bits per heavy atom. The predicted molar refractivity (Wildman–Crippen MR) is 115 cm³/mol. The zero-order valence-corrected chi connectivity index (χ0v) is 17.0. The summed E-state index contributed by atoms with van der Waals surface area (Å²) in [7, 11) is 2.68. The van der Waals surface area contributed by atoms with Gasteiger partial charge in [0.05, 0.1) is 19.1 Å². The van der Waals surface area contributed by atoms with Crippen molar-refractivity contribution in [1.29, 1.82) is 5.26 Å². The van der Waals surface area contributed by atoms with E-state index >= 15 is 0 Å². The number of aromatic amines is 1. The lowest BCUT2D eigenvalue weighted by Gasteiger charge is -2.09. The summed E-state index contributed by atoms with van der Waals surface area (Å²) in [5, 5.41) is 24.5. The molecule has 0 aliphatic carbocycles. The molecule has 3 rings (SSSR count). The van der Waals surface area contributed by atoms with E-state index in [4.69, 9.17) is 9.47 Å². The number of rotatable bonds is 8. The molecule has 0 bridgehead atoms. The maximum atomic E-state index is 12.5. The van der Waals surface area contributed by atoms with Gasteiger partial charge >= 0.3 is 5.69 Å². The van der Waals surface area contributed by atoms with Crippen molar-refractivity contribution in [2.24, 2.45) is 0 Å². The Morgan fingerprint density at radius 1 is 1.26 bits per heavy atom. The number of nitrogens with zero attached hydrogens (tertiary/aromatic N) is 2. The fourth-order valence-electron chi connectivity index (χ4n) is 3.21. The molecule has 0 spiro atoms. The first-order chi connectivity index (χ1) is 15.0. The second kappa shape index (κ2) is 9.45. The molecule has 1 amide bonds. The van der Waals surface area contributed by atoms with Crippen LogP contribution in [-0.2, 0) is 11.2 Å². The molecule has 0 saturated heterocycles. The topological polar surface area (TPSA) is 130 Å². The van der Waals surface area contributed by atoms with E-state index in [-0.39, 0.29) is 28.3 Å². The SMILES string of the molecule is COc1cc(OC)c([N+](=O)[O-])cc1/C=C(\C#N)C(=O)NCCc1c[nH]c2ccccc12. The van der Waals surface area contributed by atoms with Crippen molar-refractivity contribution >= 4 is 28.6 Å². The van der Waals surface area contributed by atoms with Crippen molar-refractivity contribution in [3.8, 4) is 17.6 Å². The van der Waals surface area contributed by atoms with Crippen LogP contribution in [0.4, 0.5) is 5.69 Å². The smallest absolute Gasteiger partial charge is 0.311 e. The first kappa shape index (κ1) is 21.4. The monoisotopic (exact) mass is 420 g/mol. The molecule has 9 nitrogen and oxygen atoms in total. The molecule has 3 aromatic rings. The number of methoxy groups -OCH3 is 2. The van der Waals surface area contributed by atoms with E-state index in [0.29, 0.717) is 13.0 Å². The molecule has 0 aliphatic rings. The van der Waals surface area contributed by atoms with Gasteiger partial charge < -0.3 is 19.8 Å². The standard InChI is InChI=1S/C22H20N4O5/c1-30-20-11-21(31-2)19(26(28)29)10-15(20)9-16(12-23)22(27)24-8-7-14-13-25-18-6-4-3-5-17(14)18/h3-6,9-11,13,25H,7-8H2,1-2H3,(H,24,27)/b16-9+. The average Bonchev–Trinajstić information content (AvgIpc) is 3.19. The van der Waals surface area contributed by atoms with E-state index in [1.165, 1.54) is 32.4 Å². The second-order valence-corrected chi connectivity index (χ2v) is 6.56. The van der Waals surface area contributed by atoms with Crippen LogP contribution in [0.3, 0.4) is 0 Å². The van der Waals surface area contributed by atoms with E-state index in [2.05, 4.69) is 10.3 Å². The number of fused-ring (bicyclic) bond motifs is 1. The summed E-state index contributed by atoms with van der Waals surface area (Å²) < 4.78 is 10.2. The van der Waals surface area contributed by atoms with Gasteiger partial charge in [-0.25, -0.2) is 0 Å². The van der Waals surface area contributed by atoms with Gasteiger partial charge in [0, 0.05) is 41.3 Å². The number of para-hydroxylation sites is 1. The summed E-state index contributed by atoms with van der Waals surface area (Å²) in [4.78, 5) is 26.4. The fraction of sp³-hybridized carbons (Fsp3) is 0.182. The number of nitro benzene ring substituents is 1. The van der Waals surface area contributed by atoms with E-state index in [1.807, 2.05) is 36.5 Å². The van der Waals surface area contributed by atoms with E-state index in [1.54, 1.807) is 0 Å². The number of carbonyl (C=O) groups excluding carboxylic acids is 1. The van der Waals surface area contributed by atoms with Gasteiger partial charge in [0.15, 0.2) is 0 Å². The lowest BCUT2D eigenvalue weighted by atomic mass is 10.1. The molecule has 158 valence electrons. The molecule has 31 heavy (non-hydrogen) atoms. The van der Waals surface area contributed by atoms with E-state index < -0.39 is 10.8 Å². The van der Waals surface area contributed by atoms with Gasteiger partial charge in [-0.3, -0.25) is 14.9 Å². The minimum absolute atomic E-state index is 0.0145. The van der Waals surface area contributed by atoms with Crippen LogP contribution in [-0.4, -0.2) is 36.6 Å². The predicted octanol–water partition coefficient (Wildman–Crippen LogP) is 3.36. The molecule has 0 saturated carbocycles. The average molecular weight is 420 g/mol. The van der Waals surface area contributed by atoms with E-state index in [0.717, 1.165) is 16.5 Å². The molecule has 1 heterocycles. The summed E-state index contributed by atoms with van der Waals surface area (Å²) >= 11 is 0. The number of nitriles is 1. The Morgan fingerprint density at radius 3 is 2.68 bits per heavy atom. The largest absolute Gasteiger partial charge is 0.496 e. The molecule has 0 atom stereocenters. The highest BCUT2D eigenvalue weighted by Crippen LogP contribution is 2.35. The third-order valence-electron chi connectivity index (χ3n) is 4.75. The van der Waals surface area contributed by atoms with Crippen molar-refractivity contribution in [1.82, 2.24) is 10.3 Å². The van der Waals surface area contributed by atoms with Gasteiger partial charge in [0.1, 0.15) is 17.4 Å². The number of nitro groups is 1. The number of ether oxygens (including phenoxy) is 2. The summed E-state index contributed by atoms with van der Waals surface area (Å²) in [6.07, 6.45) is 3.72. The molecular formula is C22H20N4O5. The Bertz CT molecular complexity index is 1210. The van der Waals surface area contributed by atoms with Crippen LogP contribution in [0.2, 0.25) is 0 Å². The molecular weight excluding hydrogens is 400 g/mol. The first-order valence-corrected chi connectivity index (χ1v) is 9.34. The van der Waals surface area contributed by atoms with Crippen molar-refractivity contribution in [2.75, 3.05) is 20.8 Å². The van der Waals surface area contributed by atoms with Gasteiger partial charge in [0.2, 0.25) is 5.75 Å². The molecule has 0 aliphatic heterocycles. The number of benzene rings is 2. The second-order valence-electron chi connectivity index (χ2n) is 6.56. The highest BCUT2D eigenvalue weighted by molar-refractivity contribution is 6.02. The number of carbonyl (C=O) groups is 1. The number of amides is 1. The van der Waals surface area contributed by atoms with Crippen LogP contribution in [0, 0.1) is 21.4 Å². The minimum atomic E-state index is -0.608. The van der Waals surface area contributed by atoms with Crippen molar-refractivity contribution in [2.45, 2.75) is 6.42 Å². The van der Waals surface area contributed by atoms with E-state index in [9.17, 15) is 20.2 Å². The van der Waals surface area contributed by atoms with Gasteiger partial charge in [-0.1, -0.05) is 18.2 Å². The Labute approximate surface area is 178 Å². The minimum Gasteiger partial charge on any atom is -0.496 e. The molecule has 2 aromatic carbocycles. The van der Waals surface area contributed by atoms with Gasteiger partial charge in [-0.15, -0.1) is 0 Å². The first-order valence-electron chi connectivity index (χ1n) is 9.34. The normalized spacial score (nSPS) is 11.1. The summed E-state index contributed by atoms with van der Waals surface area (Å²) in [6, 6.07) is 12.2. The zero-order chi connectivity index (χ0) is 22.4. The lowest BCUT2D eigenvalue weighted by molar-refractivity contribution is -0.385. The molecule has 0 unspecified atom stereocenters. The van der Waals surface area contributed by atoms with Gasteiger partial charge in [-0.05, 0) is 24.1 Å². The van der Waals surface area contributed by atoms with Crippen LogP contribution in [0.5, 0.6) is 11.5 Å². The number of hydrogen-bond donors (Lipinski definition) is 2. The summed E-state index contributed by atoms with van der Waals surface area (Å²) in [6.45, 7) is 0.319. The third-order valence-corrected chi connectivity index (χ3v) is 4.75. The highest BCUT2D eigenvalue weighted by atomic mass is 16.6. The molecule has 2 N–H and O–H groups in total. The maximum Gasteiger partial charge on any atom is 0.311 e. The molecule has 9 heteroatoms. The van der Waals surface area contributed by atoms with Crippen LogP contribution >= 0.6 is 0 Å². The number of aromatic nitrogens is 1. The third kappa shape index (κ3) is 4.64. The quantitative estimate of drug-likeness (QED) is 0.249. The fourth-order valence-corrected chi connectivity index (χ4v) is 3.21. The Balaban J connectivity index is 1.78. The number of hydrogen-bond acceptors (Lipinski definition) is 6. The summed E-state index contributed by atoms with van der Waals surface area (Å²) in [5.41, 5.74) is 1.78. The molecule has 1 aromatic heterocycles. The summed E-state index contributed by atoms with van der Waals surface area (Å²) in [5.74, 6) is -0.328. The van der Waals surface area contributed by atoms with Crippen LogP contribution in [0.25, 0.3) is 17.0 Å². The molecule has 0 fully saturated rings. The van der Waals surface area contributed by atoms with Crippen LogP contribution in [0.1, 0.15) is 11.1 Å². The Kier molecular flexibility index (Phi) is 6.52. The Hall–Kier alpha value is -4.32. The van der Waals surface area contributed by atoms with Crippen LogP contribution in [0.15, 0.2) is 48.2 Å². The number of H-pyrrole nitrogens is 1. The van der Waals surface area contributed by atoms with Crippen LogP contribution < -0.4 is 14.8 Å². The molecule has 0 radical (unpaired) electrons. The zero-order valence-electron chi connectivity index (χ0n) is 17.0. The lowest BCUT2D eigenvalue weighted by Crippen LogP contribution is -2.26. The number of nitrogens with one attached hydrogen (secondary N) is 2. The van der Waals surface area contributed by atoms with Gasteiger partial charge in [-0.2, -0.15) is 5.26 Å². The van der Waals surface area contributed by atoms with Crippen molar-refractivity contribution < 1.29 is 19.2 Å². The van der Waals surface area contributed by atoms with Crippen molar-refractivity contribution in [3.05, 3.63) is 69.4 Å². The van der Waals surface area contributed by atoms with Crippen molar-refractivity contribution in [3.63, 3.8) is 0 Å². The van der Waals surface area contributed by atoms with Gasteiger partial charge in [0.25, 0.3) is 5.91 Å². The highest BCUT2D eigenvalue weighted by Gasteiger charge is 2.20.